The summed E-state index contributed by atoms with van der Waals surface area (Å²) in [7, 11) is 0. The lowest BCUT2D eigenvalue weighted by Gasteiger charge is -2.22. The fourth-order valence-electron chi connectivity index (χ4n) is 1.63. The first-order valence-electron chi connectivity index (χ1n) is 6.07. The monoisotopic (exact) mass is 267 g/mol. The van der Waals surface area contributed by atoms with Gasteiger partial charge in [-0.1, -0.05) is 32.4 Å². The predicted octanol–water partition coefficient (Wildman–Crippen LogP) is 1.85. The number of benzene rings is 1. The van der Waals surface area contributed by atoms with Crippen LogP contribution in [0, 0.1) is 11.7 Å². The molecule has 104 valence electrons. The quantitative estimate of drug-likeness (QED) is 0.760. The molecule has 0 aromatic heterocycles. The summed E-state index contributed by atoms with van der Waals surface area (Å²) in [6, 6.07) is 4.26. The highest BCUT2D eigenvalue weighted by Gasteiger charge is 2.25. The number of anilines is 1. The molecule has 2 atom stereocenters. The number of amides is 3. The average Bonchev–Trinajstić information content (AvgIpc) is 2.37. The Labute approximate surface area is 111 Å². The number of para-hydroxylation sites is 1. The van der Waals surface area contributed by atoms with Gasteiger partial charge in [-0.3, -0.25) is 4.79 Å². The van der Waals surface area contributed by atoms with Gasteiger partial charge in [0.25, 0.3) is 0 Å². The van der Waals surface area contributed by atoms with Crippen LogP contribution in [-0.2, 0) is 4.79 Å². The van der Waals surface area contributed by atoms with Crippen molar-refractivity contribution in [1.29, 1.82) is 0 Å². The van der Waals surface area contributed by atoms with Crippen LogP contribution in [0.3, 0.4) is 0 Å². The lowest BCUT2D eigenvalue weighted by Crippen LogP contribution is -2.49. The van der Waals surface area contributed by atoms with Gasteiger partial charge in [-0.2, -0.15) is 0 Å². The van der Waals surface area contributed by atoms with E-state index in [9.17, 15) is 14.0 Å². The highest BCUT2D eigenvalue weighted by Crippen LogP contribution is 2.15. The number of halogens is 1. The standard InChI is InChI=1S/C13H18FN3O2/c1-3-8(2)11(17-13(15)19)12(18)16-10-7-5-4-6-9(10)14/h4-8,11H,3H2,1-2H3,(H,16,18)(H3,15,17,19)/t8-,11-/m1/s1. The van der Waals surface area contributed by atoms with Gasteiger partial charge in [0.15, 0.2) is 0 Å². The minimum Gasteiger partial charge on any atom is -0.352 e. The van der Waals surface area contributed by atoms with Crippen molar-refractivity contribution >= 4 is 17.6 Å². The number of carbonyl (C=O) groups excluding carboxylic acids is 2. The van der Waals surface area contributed by atoms with E-state index in [0.717, 1.165) is 0 Å². The van der Waals surface area contributed by atoms with Gasteiger partial charge in [0, 0.05) is 0 Å². The van der Waals surface area contributed by atoms with E-state index in [2.05, 4.69) is 10.6 Å². The zero-order valence-electron chi connectivity index (χ0n) is 10.9. The van der Waals surface area contributed by atoms with Crippen LogP contribution in [0.25, 0.3) is 0 Å². The summed E-state index contributed by atoms with van der Waals surface area (Å²) >= 11 is 0. The summed E-state index contributed by atoms with van der Waals surface area (Å²) < 4.78 is 13.4. The largest absolute Gasteiger partial charge is 0.352 e. The molecular formula is C13H18FN3O2. The Morgan fingerprint density at radius 3 is 2.53 bits per heavy atom. The third-order valence-electron chi connectivity index (χ3n) is 2.92. The Balaban J connectivity index is 2.82. The molecule has 1 aromatic carbocycles. The molecule has 0 spiro atoms. The van der Waals surface area contributed by atoms with Gasteiger partial charge in [0.1, 0.15) is 11.9 Å². The first kappa shape index (κ1) is 14.9. The van der Waals surface area contributed by atoms with Gasteiger partial charge < -0.3 is 16.4 Å². The van der Waals surface area contributed by atoms with E-state index < -0.39 is 23.8 Å². The first-order chi connectivity index (χ1) is 8.95. The van der Waals surface area contributed by atoms with E-state index in [1.54, 1.807) is 6.07 Å². The Morgan fingerprint density at radius 1 is 1.37 bits per heavy atom. The van der Waals surface area contributed by atoms with E-state index in [0.29, 0.717) is 6.42 Å². The number of carbonyl (C=O) groups is 2. The van der Waals surface area contributed by atoms with Crippen molar-refractivity contribution in [3.63, 3.8) is 0 Å². The minimum atomic E-state index is -0.790. The molecule has 0 aliphatic rings. The van der Waals surface area contributed by atoms with E-state index in [4.69, 9.17) is 5.73 Å². The van der Waals surface area contributed by atoms with Gasteiger partial charge in [-0.15, -0.1) is 0 Å². The zero-order valence-corrected chi connectivity index (χ0v) is 10.9. The molecule has 0 saturated heterocycles. The summed E-state index contributed by atoms with van der Waals surface area (Å²) in [5.41, 5.74) is 5.12. The molecule has 0 fully saturated rings. The third kappa shape index (κ3) is 4.24. The maximum absolute atomic E-state index is 13.4. The molecule has 0 saturated carbocycles. The maximum atomic E-state index is 13.4. The van der Waals surface area contributed by atoms with Crippen LogP contribution < -0.4 is 16.4 Å². The van der Waals surface area contributed by atoms with Crippen LogP contribution in [0.4, 0.5) is 14.9 Å². The number of hydrogen-bond donors (Lipinski definition) is 3. The van der Waals surface area contributed by atoms with Crippen LogP contribution in [0.2, 0.25) is 0 Å². The normalized spacial score (nSPS) is 13.4. The highest BCUT2D eigenvalue weighted by molar-refractivity contribution is 5.97. The summed E-state index contributed by atoms with van der Waals surface area (Å²) in [5, 5.41) is 4.82. The van der Waals surface area contributed by atoms with Crippen molar-refractivity contribution in [1.82, 2.24) is 5.32 Å². The molecule has 0 unspecified atom stereocenters. The molecule has 1 rings (SSSR count). The summed E-state index contributed by atoms with van der Waals surface area (Å²) in [5.74, 6) is -1.13. The number of rotatable bonds is 5. The SMILES string of the molecule is CC[C@@H](C)[C@@H](NC(N)=O)C(=O)Nc1ccccc1F. The van der Waals surface area contributed by atoms with Crippen molar-refractivity contribution in [3.8, 4) is 0 Å². The zero-order chi connectivity index (χ0) is 14.4. The van der Waals surface area contributed by atoms with Crippen molar-refractivity contribution in [2.24, 2.45) is 11.7 Å². The Hall–Kier alpha value is -2.11. The molecule has 4 N–H and O–H groups in total. The molecule has 3 amide bonds. The van der Waals surface area contributed by atoms with Gasteiger partial charge in [-0.05, 0) is 18.1 Å². The Morgan fingerprint density at radius 2 is 2.00 bits per heavy atom. The molecule has 0 radical (unpaired) electrons. The summed E-state index contributed by atoms with van der Waals surface area (Å²) in [4.78, 5) is 23.0. The number of nitrogens with two attached hydrogens (primary N) is 1. The van der Waals surface area contributed by atoms with Gasteiger partial charge in [-0.25, -0.2) is 9.18 Å². The topological polar surface area (TPSA) is 84.2 Å². The van der Waals surface area contributed by atoms with Crippen molar-refractivity contribution in [2.75, 3.05) is 5.32 Å². The molecule has 1 aromatic rings. The maximum Gasteiger partial charge on any atom is 0.312 e. The fraction of sp³-hybridized carbons (Fsp3) is 0.385. The Bertz CT molecular complexity index is 465. The number of urea groups is 1. The fourth-order valence-corrected chi connectivity index (χ4v) is 1.63. The molecule has 0 heterocycles. The molecule has 0 bridgehead atoms. The average molecular weight is 267 g/mol. The Kier molecular flexibility index (Phi) is 5.29. The molecule has 5 nitrogen and oxygen atoms in total. The van der Waals surface area contributed by atoms with Crippen molar-refractivity contribution < 1.29 is 14.0 Å². The summed E-state index contributed by atoms with van der Waals surface area (Å²) in [6.45, 7) is 3.69. The van der Waals surface area contributed by atoms with Crippen LogP contribution in [0.5, 0.6) is 0 Å². The van der Waals surface area contributed by atoms with E-state index in [1.807, 2.05) is 13.8 Å². The molecule has 0 aliphatic heterocycles. The summed E-state index contributed by atoms with van der Waals surface area (Å²) in [6.07, 6.45) is 0.676. The lowest BCUT2D eigenvalue weighted by molar-refractivity contribution is -0.119. The van der Waals surface area contributed by atoms with Gasteiger partial charge >= 0.3 is 6.03 Å². The highest BCUT2D eigenvalue weighted by atomic mass is 19.1. The van der Waals surface area contributed by atoms with E-state index in [1.165, 1.54) is 18.2 Å². The lowest BCUT2D eigenvalue weighted by atomic mass is 9.98. The molecule has 0 aliphatic carbocycles. The molecular weight excluding hydrogens is 249 g/mol. The van der Waals surface area contributed by atoms with Crippen LogP contribution in [0.15, 0.2) is 24.3 Å². The molecule has 6 heteroatoms. The van der Waals surface area contributed by atoms with Crippen LogP contribution in [-0.4, -0.2) is 18.0 Å². The molecule has 19 heavy (non-hydrogen) atoms. The predicted molar refractivity (Wildman–Crippen MR) is 71.0 cm³/mol. The smallest absolute Gasteiger partial charge is 0.312 e. The van der Waals surface area contributed by atoms with Crippen molar-refractivity contribution in [3.05, 3.63) is 30.1 Å². The van der Waals surface area contributed by atoms with E-state index >= 15 is 0 Å². The van der Waals surface area contributed by atoms with Gasteiger partial charge in [0.2, 0.25) is 5.91 Å². The van der Waals surface area contributed by atoms with Crippen LogP contribution >= 0.6 is 0 Å². The minimum absolute atomic E-state index is 0.0760. The second-order valence-corrected chi connectivity index (χ2v) is 4.34. The van der Waals surface area contributed by atoms with Gasteiger partial charge in [0.05, 0.1) is 5.69 Å². The third-order valence-corrected chi connectivity index (χ3v) is 2.92. The first-order valence-corrected chi connectivity index (χ1v) is 6.07. The van der Waals surface area contributed by atoms with E-state index in [-0.39, 0.29) is 11.6 Å². The van der Waals surface area contributed by atoms with Crippen molar-refractivity contribution in [2.45, 2.75) is 26.3 Å². The second kappa shape index (κ2) is 6.72. The second-order valence-electron chi connectivity index (χ2n) is 4.34. The van der Waals surface area contributed by atoms with Crippen LogP contribution in [0.1, 0.15) is 20.3 Å². The number of hydrogen-bond acceptors (Lipinski definition) is 2. The number of primary amides is 1. The number of nitrogens with one attached hydrogen (secondary N) is 2.